The fraction of sp³-hybridized carbons (Fsp3) is 0.667. The van der Waals surface area contributed by atoms with Crippen LogP contribution in [0.15, 0.2) is 12.2 Å². The molecule has 1 aliphatic rings. The Morgan fingerprint density at radius 2 is 2.00 bits per heavy atom. The third-order valence-electron chi connectivity index (χ3n) is 2.28. The molecule has 1 rings (SSSR count). The average Bonchev–Trinajstić information content (AvgIpc) is 2.16. The van der Waals surface area contributed by atoms with Gasteiger partial charge in [-0.1, -0.05) is 25.3 Å². The number of carbonyl (C=O) groups excluding carboxylic acids is 1. The molecule has 3 nitrogen and oxygen atoms in total. The number of rotatable bonds is 2. The molecule has 0 aliphatic heterocycles. The fourth-order valence-electron chi connectivity index (χ4n) is 1.59. The van der Waals surface area contributed by atoms with Crippen molar-refractivity contribution in [3.05, 3.63) is 12.2 Å². The Morgan fingerprint density at radius 3 is 2.58 bits per heavy atom. The zero-order chi connectivity index (χ0) is 8.81. The summed E-state index contributed by atoms with van der Waals surface area (Å²) in [5.74, 6) is 0.108. The molecule has 0 saturated heterocycles. The topological polar surface area (TPSA) is 49.3 Å². The zero-order valence-electron chi connectivity index (χ0n) is 7.12. The van der Waals surface area contributed by atoms with Crippen molar-refractivity contribution < 1.29 is 10.0 Å². The van der Waals surface area contributed by atoms with Crippen LogP contribution in [0.1, 0.15) is 32.1 Å². The van der Waals surface area contributed by atoms with Gasteiger partial charge in [-0.2, -0.15) is 0 Å². The summed E-state index contributed by atoms with van der Waals surface area (Å²) in [4.78, 5) is 10.6. The van der Waals surface area contributed by atoms with Crippen molar-refractivity contribution in [2.75, 3.05) is 0 Å². The molecule has 12 heavy (non-hydrogen) atoms. The lowest BCUT2D eigenvalue weighted by molar-refractivity contribution is -0.124. The van der Waals surface area contributed by atoms with E-state index in [2.05, 4.69) is 0 Å². The van der Waals surface area contributed by atoms with Crippen LogP contribution in [0, 0.1) is 5.92 Å². The lowest BCUT2D eigenvalue weighted by atomic mass is 9.89. The second kappa shape index (κ2) is 4.93. The van der Waals surface area contributed by atoms with Gasteiger partial charge in [-0.25, -0.2) is 5.48 Å². The number of allylic oxidation sites excluding steroid dienone is 1. The highest BCUT2D eigenvalue weighted by atomic mass is 16.5. The molecule has 0 bridgehead atoms. The van der Waals surface area contributed by atoms with Crippen molar-refractivity contribution in [2.45, 2.75) is 32.1 Å². The lowest BCUT2D eigenvalue weighted by Crippen LogP contribution is -2.15. The van der Waals surface area contributed by atoms with E-state index in [1.807, 2.05) is 6.08 Å². The van der Waals surface area contributed by atoms with Gasteiger partial charge in [-0.3, -0.25) is 10.0 Å². The highest BCUT2D eigenvalue weighted by molar-refractivity contribution is 5.86. The van der Waals surface area contributed by atoms with E-state index in [-0.39, 0.29) is 0 Å². The monoisotopic (exact) mass is 169 g/mol. The van der Waals surface area contributed by atoms with Crippen LogP contribution in [0.5, 0.6) is 0 Å². The van der Waals surface area contributed by atoms with E-state index in [1.54, 1.807) is 5.48 Å². The average molecular weight is 169 g/mol. The van der Waals surface area contributed by atoms with Crippen molar-refractivity contribution >= 4 is 5.91 Å². The minimum Gasteiger partial charge on any atom is -0.288 e. The van der Waals surface area contributed by atoms with E-state index >= 15 is 0 Å². The van der Waals surface area contributed by atoms with E-state index in [1.165, 1.54) is 38.2 Å². The van der Waals surface area contributed by atoms with Gasteiger partial charge in [-0.15, -0.1) is 0 Å². The predicted octanol–water partition coefficient (Wildman–Crippen LogP) is 1.63. The summed E-state index contributed by atoms with van der Waals surface area (Å²) in [6.07, 6.45) is 9.49. The van der Waals surface area contributed by atoms with Crippen molar-refractivity contribution in [3.8, 4) is 0 Å². The first-order valence-corrected chi connectivity index (χ1v) is 4.45. The first-order chi connectivity index (χ1) is 5.83. The maximum Gasteiger partial charge on any atom is 0.267 e. The molecule has 2 N–H and O–H groups in total. The summed E-state index contributed by atoms with van der Waals surface area (Å²) in [5.41, 5.74) is 1.58. The van der Waals surface area contributed by atoms with Crippen LogP contribution >= 0.6 is 0 Å². The Balaban J connectivity index is 2.28. The van der Waals surface area contributed by atoms with Crippen LogP contribution in [0.4, 0.5) is 0 Å². The predicted molar refractivity (Wildman–Crippen MR) is 45.6 cm³/mol. The van der Waals surface area contributed by atoms with Gasteiger partial charge >= 0.3 is 0 Å². The Hall–Kier alpha value is -0.830. The van der Waals surface area contributed by atoms with Crippen molar-refractivity contribution in [2.24, 2.45) is 5.92 Å². The SMILES string of the molecule is O=C(C=CC1CCCCC1)NO. The molecule has 1 amide bonds. The van der Waals surface area contributed by atoms with Gasteiger partial charge in [0.1, 0.15) is 0 Å². The summed E-state index contributed by atoms with van der Waals surface area (Å²) < 4.78 is 0. The molecule has 1 saturated carbocycles. The molecule has 0 aromatic rings. The van der Waals surface area contributed by atoms with Crippen molar-refractivity contribution in [1.82, 2.24) is 5.48 Å². The Labute approximate surface area is 72.4 Å². The largest absolute Gasteiger partial charge is 0.288 e. The number of carbonyl (C=O) groups is 1. The maximum absolute atomic E-state index is 10.6. The maximum atomic E-state index is 10.6. The molecule has 0 spiro atoms. The van der Waals surface area contributed by atoms with Crippen molar-refractivity contribution in [3.63, 3.8) is 0 Å². The molecule has 1 fully saturated rings. The molecule has 1 aliphatic carbocycles. The molecule has 0 unspecified atom stereocenters. The molecule has 68 valence electrons. The lowest BCUT2D eigenvalue weighted by Gasteiger charge is -2.17. The summed E-state index contributed by atoms with van der Waals surface area (Å²) in [6, 6.07) is 0. The summed E-state index contributed by atoms with van der Waals surface area (Å²) >= 11 is 0. The van der Waals surface area contributed by atoms with Gasteiger partial charge in [0.2, 0.25) is 0 Å². The summed E-state index contributed by atoms with van der Waals surface area (Å²) in [6.45, 7) is 0. The quantitative estimate of drug-likeness (QED) is 0.375. The number of nitrogens with one attached hydrogen (secondary N) is 1. The first kappa shape index (κ1) is 9.26. The number of amides is 1. The van der Waals surface area contributed by atoms with Crippen LogP contribution < -0.4 is 5.48 Å². The molecule has 0 radical (unpaired) electrons. The van der Waals surface area contributed by atoms with Crippen LogP contribution in [0.2, 0.25) is 0 Å². The molecule has 0 aromatic heterocycles. The molecule has 0 aromatic carbocycles. The standard InChI is InChI=1S/C9H15NO2/c11-9(10-12)7-6-8-4-2-1-3-5-8/h6-8,12H,1-5H2,(H,10,11). The van der Waals surface area contributed by atoms with Gasteiger partial charge in [0.15, 0.2) is 0 Å². The third kappa shape index (κ3) is 3.05. The van der Waals surface area contributed by atoms with E-state index in [0.29, 0.717) is 5.92 Å². The smallest absolute Gasteiger partial charge is 0.267 e. The van der Waals surface area contributed by atoms with Gasteiger partial charge in [-0.05, 0) is 18.8 Å². The van der Waals surface area contributed by atoms with Crippen LogP contribution in [-0.4, -0.2) is 11.1 Å². The summed E-state index contributed by atoms with van der Waals surface area (Å²) in [7, 11) is 0. The minimum atomic E-state index is -0.430. The Bertz CT molecular complexity index is 171. The van der Waals surface area contributed by atoms with E-state index in [9.17, 15) is 4.79 Å². The van der Waals surface area contributed by atoms with Gasteiger partial charge in [0, 0.05) is 6.08 Å². The van der Waals surface area contributed by atoms with Crippen molar-refractivity contribution in [1.29, 1.82) is 0 Å². The van der Waals surface area contributed by atoms with E-state index in [4.69, 9.17) is 5.21 Å². The first-order valence-electron chi connectivity index (χ1n) is 4.45. The molecule has 3 heteroatoms. The minimum absolute atomic E-state index is 0.430. The normalized spacial score (nSPS) is 19.8. The second-order valence-corrected chi connectivity index (χ2v) is 3.23. The molecule has 0 atom stereocenters. The number of hydroxylamine groups is 1. The van der Waals surface area contributed by atoms with Gasteiger partial charge < -0.3 is 0 Å². The number of hydrogen-bond acceptors (Lipinski definition) is 2. The second-order valence-electron chi connectivity index (χ2n) is 3.23. The third-order valence-corrected chi connectivity index (χ3v) is 2.28. The number of hydrogen-bond donors (Lipinski definition) is 2. The Kier molecular flexibility index (Phi) is 3.80. The Morgan fingerprint density at radius 1 is 1.33 bits per heavy atom. The van der Waals surface area contributed by atoms with Crippen LogP contribution in [0.25, 0.3) is 0 Å². The molecular formula is C9H15NO2. The highest BCUT2D eigenvalue weighted by Crippen LogP contribution is 2.24. The zero-order valence-corrected chi connectivity index (χ0v) is 7.12. The van der Waals surface area contributed by atoms with Gasteiger partial charge in [0.25, 0.3) is 5.91 Å². The van der Waals surface area contributed by atoms with Crippen LogP contribution in [0.3, 0.4) is 0 Å². The highest BCUT2D eigenvalue weighted by Gasteiger charge is 2.09. The van der Waals surface area contributed by atoms with E-state index in [0.717, 1.165) is 0 Å². The van der Waals surface area contributed by atoms with Crippen LogP contribution in [-0.2, 0) is 4.79 Å². The van der Waals surface area contributed by atoms with E-state index < -0.39 is 5.91 Å². The molecular weight excluding hydrogens is 154 g/mol. The summed E-state index contributed by atoms with van der Waals surface area (Å²) in [5, 5.41) is 8.21. The molecule has 0 heterocycles. The van der Waals surface area contributed by atoms with Gasteiger partial charge in [0.05, 0.1) is 0 Å². The fourth-order valence-corrected chi connectivity index (χ4v) is 1.59.